The molecule has 0 bridgehead atoms. The van der Waals surface area contributed by atoms with Crippen LogP contribution in [0.25, 0.3) is 11.0 Å². The molecule has 0 radical (unpaired) electrons. The lowest BCUT2D eigenvalue weighted by Crippen LogP contribution is -2.50. The Kier molecular flexibility index (Phi) is 5.03. The maximum absolute atomic E-state index is 12.8. The molecule has 3 aromatic rings. The number of nitrogens with zero attached hydrogens (tertiary/aromatic N) is 1. The number of benzene rings is 2. The van der Waals surface area contributed by atoms with Gasteiger partial charge in [-0.15, -0.1) is 0 Å². The van der Waals surface area contributed by atoms with Crippen LogP contribution >= 0.6 is 0 Å². The van der Waals surface area contributed by atoms with Crippen LogP contribution in [0, 0.1) is 0 Å². The van der Waals surface area contributed by atoms with Gasteiger partial charge in [0.25, 0.3) is 5.91 Å². The highest BCUT2D eigenvalue weighted by molar-refractivity contribution is 5.94. The first-order chi connectivity index (χ1) is 14.1. The molecule has 0 saturated carbocycles. The molecule has 1 amide bonds. The van der Waals surface area contributed by atoms with E-state index in [-0.39, 0.29) is 12.3 Å². The van der Waals surface area contributed by atoms with Gasteiger partial charge in [0, 0.05) is 18.4 Å². The van der Waals surface area contributed by atoms with E-state index in [1.54, 1.807) is 18.2 Å². The van der Waals surface area contributed by atoms with E-state index in [1.807, 2.05) is 36.4 Å². The molecule has 7 heteroatoms. The normalized spacial score (nSPS) is 15.6. The molecule has 1 aromatic heterocycles. The molecule has 2 heterocycles. The number of hydrogen-bond acceptors (Lipinski definition) is 6. The summed E-state index contributed by atoms with van der Waals surface area (Å²) in [4.78, 5) is 38.7. The molecule has 2 aromatic carbocycles. The van der Waals surface area contributed by atoms with E-state index in [1.165, 1.54) is 12.0 Å². The number of para-hydroxylation sites is 1. The van der Waals surface area contributed by atoms with Crippen molar-refractivity contribution in [2.45, 2.75) is 19.0 Å². The van der Waals surface area contributed by atoms with Crippen LogP contribution in [0.2, 0.25) is 0 Å². The first kappa shape index (κ1) is 18.7. The average Bonchev–Trinajstić information content (AvgIpc) is 3.20. The van der Waals surface area contributed by atoms with E-state index in [0.29, 0.717) is 12.0 Å². The fourth-order valence-electron chi connectivity index (χ4n) is 3.50. The number of ether oxygens (including phenoxy) is 2. The van der Waals surface area contributed by atoms with Crippen LogP contribution < -0.4 is 0 Å². The van der Waals surface area contributed by atoms with Gasteiger partial charge in [-0.3, -0.25) is 4.79 Å². The Balaban J connectivity index is 1.47. The number of furan rings is 1. The Morgan fingerprint density at radius 1 is 1.07 bits per heavy atom. The topological polar surface area (TPSA) is 86.0 Å². The summed E-state index contributed by atoms with van der Waals surface area (Å²) in [7, 11) is 1.28. The van der Waals surface area contributed by atoms with Crippen LogP contribution in [0.1, 0.15) is 21.7 Å². The number of esters is 2. The number of methoxy groups -OCH3 is 1. The molecule has 7 nitrogen and oxygen atoms in total. The summed E-state index contributed by atoms with van der Waals surface area (Å²) in [5.41, 5.74) is 2.50. The lowest BCUT2D eigenvalue weighted by Gasteiger charge is -2.35. The van der Waals surface area contributed by atoms with E-state index in [4.69, 9.17) is 13.9 Å². The first-order valence-corrected chi connectivity index (χ1v) is 9.16. The van der Waals surface area contributed by atoms with Crippen molar-refractivity contribution in [1.29, 1.82) is 0 Å². The van der Waals surface area contributed by atoms with Gasteiger partial charge in [0.1, 0.15) is 11.6 Å². The van der Waals surface area contributed by atoms with E-state index in [2.05, 4.69) is 0 Å². The Bertz CT molecular complexity index is 1050. The molecule has 1 aliphatic rings. The molecule has 1 aliphatic heterocycles. The van der Waals surface area contributed by atoms with Crippen molar-refractivity contribution >= 4 is 28.8 Å². The number of fused-ring (bicyclic) bond motifs is 2. The largest absolute Gasteiger partial charge is 0.467 e. The summed E-state index contributed by atoms with van der Waals surface area (Å²) in [6, 6.07) is 15.6. The zero-order chi connectivity index (χ0) is 20.4. The van der Waals surface area contributed by atoms with Crippen molar-refractivity contribution in [2.24, 2.45) is 0 Å². The van der Waals surface area contributed by atoms with Gasteiger partial charge in [0.15, 0.2) is 6.61 Å². The highest BCUT2D eigenvalue weighted by atomic mass is 16.5. The maximum atomic E-state index is 12.8. The van der Waals surface area contributed by atoms with Crippen LogP contribution in [0.4, 0.5) is 0 Å². The van der Waals surface area contributed by atoms with Crippen molar-refractivity contribution in [2.75, 3.05) is 13.7 Å². The first-order valence-electron chi connectivity index (χ1n) is 9.16. The Morgan fingerprint density at radius 3 is 2.55 bits per heavy atom. The molecule has 29 heavy (non-hydrogen) atoms. The number of amides is 1. The van der Waals surface area contributed by atoms with E-state index < -0.39 is 30.5 Å². The van der Waals surface area contributed by atoms with Gasteiger partial charge >= 0.3 is 11.9 Å². The molecule has 148 valence electrons. The molecular formula is C22H19NO6. The zero-order valence-corrected chi connectivity index (χ0v) is 15.8. The summed E-state index contributed by atoms with van der Waals surface area (Å²) in [5.74, 6) is -1.69. The summed E-state index contributed by atoms with van der Waals surface area (Å²) >= 11 is 0. The third-order valence-electron chi connectivity index (χ3n) is 5.00. The molecule has 0 fully saturated rings. The highest BCUT2D eigenvalue weighted by Gasteiger charge is 2.35. The molecule has 0 aliphatic carbocycles. The molecule has 0 unspecified atom stereocenters. The van der Waals surface area contributed by atoms with E-state index in [0.717, 1.165) is 16.5 Å². The smallest absolute Gasteiger partial charge is 0.374 e. The molecule has 0 spiro atoms. The van der Waals surface area contributed by atoms with Gasteiger partial charge in [-0.05, 0) is 23.3 Å². The van der Waals surface area contributed by atoms with Crippen molar-refractivity contribution in [1.82, 2.24) is 4.90 Å². The van der Waals surface area contributed by atoms with E-state index >= 15 is 0 Å². The fourth-order valence-corrected chi connectivity index (χ4v) is 3.50. The number of hydrogen-bond donors (Lipinski definition) is 0. The number of rotatable bonds is 4. The minimum Gasteiger partial charge on any atom is -0.467 e. The molecule has 4 rings (SSSR count). The van der Waals surface area contributed by atoms with Gasteiger partial charge in [-0.25, -0.2) is 9.59 Å². The Hall–Kier alpha value is -3.61. The molecule has 1 atom stereocenters. The fraction of sp³-hybridized carbons (Fsp3) is 0.227. The van der Waals surface area contributed by atoms with Crippen molar-refractivity contribution in [3.05, 3.63) is 71.5 Å². The van der Waals surface area contributed by atoms with Crippen molar-refractivity contribution in [3.8, 4) is 0 Å². The minimum atomic E-state index is -0.757. The van der Waals surface area contributed by atoms with E-state index in [9.17, 15) is 14.4 Å². The molecule has 0 saturated heterocycles. The second kappa shape index (κ2) is 7.79. The predicted octanol–water partition coefficient (Wildman–Crippen LogP) is 2.72. The van der Waals surface area contributed by atoms with Crippen molar-refractivity contribution < 1.29 is 28.3 Å². The molecule has 0 N–H and O–H groups in total. The monoisotopic (exact) mass is 393 g/mol. The third kappa shape index (κ3) is 3.71. The third-order valence-corrected chi connectivity index (χ3v) is 5.00. The van der Waals surface area contributed by atoms with Gasteiger partial charge in [-0.1, -0.05) is 42.5 Å². The second-order valence-corrected chi connectivity index (χ2v) is 6.76. The summed E-state index contributed by atoms with van der Waals surface area (Å²) in [6.07, 6.45) is 0.353. The van der Waals surface area contributed by atoms with Gasteiger partial charge in [0.05, 0.1) is 7.11 Å². The second-order valence-electron chi connectivity index (χ2n) is 6.76. The Morgan fingerprint density at radius 2 is 1.79 bits per heavy atom. The Labute approximate surface area is 166 Å². The highest BCUT2D eigenvalue weighted by Crippen LogP contribution is 2.24. The minimum absolute atomic E-state index is 0.0208. The number of carbonyl (C=O) groups is 3. The van der Waals surface area contributed by atoms with Gasteiger partial charge in [0.2, 0.25) is 5.76 Å². The maximum Gasteiger partial charge on any atom is 0.374 e. The summed E-state index contributed by atoms with van der Waals surface area (Å²) in [6.45, 7) is -0.248. The van der Waals surface area contributed by atoms with Gasteiger partial charge in [-0.2, -0.15) is 0 Å². The lowest BCUT2D eigenvalue weighted by molar-refractivity contribution is -0.155. The van der Waals surface area contributed by atoms with Crippen LogP contribution in [0.15, 0.2) is 59.0 Å². The standard InChI is InChI=1S/C22H19NO6/c1-27-21(25)17-10-14-6-2-3-8-16(14)12-23(17)20(24)13-28-22(26)19-11-15-7-4-5-9-18(15)29-19/h2-9,11,17H,10,12-13H2,1H3/t17-/m0/s1. The zero-order valence-electron chi connectivity index (χ0n) is 15.8. The van der Waals surface area contributed by atoms with Crippen LogP contribution in [0.5, 0.6) is 0 Å². The predicted molar refractivity (Wildman–Crippen MR) is 103 cm³/mol. The van der Waals surface area contributed by atoms with Crippen LogP contribution in [-0.4, -0.2) is 42.5 Å². The van der Waals surface area contributed by atoms with Crippen molar-refractivity contribution in [3.63, 3.8) is 0 Å². The summed E-state index contributed by atoms with van der Waals surface area (Å²) < 4.78 is 15.5. The lowest BCUT2D eigenvalue weighted by atomic mass is 9.94. The summed E-state index contributed by atoms with van der Waals surface area (Å²) in [5, 5.41) is 0.768. The van der Waals surface area contributed by atoms with Gasteiger partial charge < -0.3 is 18.8 Å². The quantitative estimate of drug-likeness (QED) is 0.634. The SMILES string of the molecule is COC(=O)[C@@H]1Cc2ccccc2CN1C(=O)COC(=O)c1cc2ccccc2o1. The average molecular weight is 393 g/mol. The molecular weight excluding hydrogens is 374 g/mol. The number of carbonyl (C=O) groups excluding carboxylic acids is 3. The van der Waals surface area contributed by atoms with Crippen LogP contribution in [-0.2, 0) is 32.0 Å². The van der Waals surface area contributed by atoms with Crippen LogP contribution in [0.3, 0.4) is 0 Å².